The second-order valence-electron chi connectivity index (χ2n) is 6.20. The van der Waals surface area contributed by atoms with Gasteiger partial charge in [0.05, 0.1) is 23.7 Å². The largest absolute Gasteiger partial charge is 0.383 e. The van der Waals surface area contributed by atoms with Gasteiger partial charge in [-0.2, -0.15) is 5.10 Å². The van der Waals surface area contributed by atoms with E-state index in [0.717, 1.165) is 0 Å². The first kappa shape index (κ1) is 17.7. The third-order valence-corrected chi connectivity index (χ3v) is 6.75. The van der Waals surface area contributed by atoms with E-state index in [-0.39, 0.29) is 18.3 Å². The highest BCUT2D eigenvalue weighted by Gasteiger charge is 2.38. The van der Waals surface area contributed by atoms with E-state index in [1.54, 1.807) is 37.9 Å². The van der Waals surface area contributed by atoms with Crippen molar-refractivity contribution in [3.63, 3.8) is 0 Å². The van der Waals surface area contributed by atoms with E-state index >= 15 is 0 Å². The van der Waals surface area contributed by atoms with Gasteiger partial charge in [-0.05, 0) is 20.3 Å². The molecule has 1 N–H and O–H groups in total. The lowest BCUT2D eigenvalue weighted by molar-refractivity contribution is 0.183. The van der Waals surface area contributed by atoms with E-state index < -0.39 is 14.6 Å². The summed E-state index contributed by atoms with van der Waals surface area (Å²) in [6.07, 6.45) is 2.18. The van der Waals surface area contributed by atoms with Crippen molar-refractivity contribution in [1.82, 2.24) is 14.7 Å². The minimum atomic E-state index is -3.20. The summed E-state index contributed by atoms with van der Waals surface area (Å²) in [7, 11) is -1.59. The van der Waals surface area contributed by atoms with Crippen LogP contribution >= 0.6 is 0 Å². The standard InChI is InChI=1S/C14H24N4O4S/c1-14(2)5-7-17(9-11-23(14,20)21)13(19)15-12-4-6-18(16-12)8-10-22-3/h4,6H,5,7-11H2,1-3H3,(H,15,16,19). The van der Waals surface area contributed by atoms with Gasteiger partial charge in [-0.1, -0.05) is 0 Å². The summed E-state index contributed by atoms with van der Waals surface area (Å²) in [5, 5.41) is 6.93. The van der Waals surface area contributed by atoms with Crippen LogP contribution in [0.15, 0.2) is 12.3 Å². The van der Waals surface area contributed by atoms with Gasteiger partial charge in [-0.25, -0.2) is 13.2 Å². The maximum Gasteiger partial charge on any atom is 0.323 e. The molecular weight excluding hydrogens is 320 g/mol. The van der Waals surface area contributed by atoms with Crippen molar-refractivity contribution >= 4 is 21.7 Å². The third-order valence-electron chi connectivity index (χ3n) is 4.14. The van der Waals surface area contributed by atoms with Gasteiger partial charge >= 0.3 is 6.03 Å². The fourth-order valence-electron chi connectivity index (χ4n) is 2.31. The van der Waals surface area contributed by atoms with E-state index in [9.17, 15) is 13.2 Å². The molecule has 1 aromatic rings. The minimum absolute atomic E-state index is 0.0182. The van der Waals surface area contributed by atoms with Crippen molar-refractivity contribution in [2.45, 2.75) is 31.6 Å². The Morgan fingerprint density at radius 1 is 1.43 bits per heavy atom. The lowest BCUT2D eigenvalue weighted by Gasteiger charge is -2.22. The van der Waals surface area contributed by atoms with Crippen LogP contribution in [0.4, 0.5) is 10.6 Å². The number of nitrogens with one attached hydrogen (secondary N) is 1. The molecule has 0 unspecified atom stereocenters. The predicted octanol–water partition coefficient (Wildman–Crippen LogP) is 0.960. The summed E-state index contributed by atoms with van der Waals surface area (Å²) in [6.45, 7) is 5.16. The Morgan fingerprint density at radius 2 is 2.17 bits per heavy atom. The van der Waals surface area contributed by atoms with Crippen LogP contribution < -0.4 is 5.32 Å². The number of urea groups is 1. The maximum absolute atomic E-state index is 12.3. The molecule has 0 aromatic carbocycles. The fraction of sp³-hybridized carbons (Fsp3) is 0.714. The molecule has 8 nitrogen and oxygen atoms in total. The second kappa shape index (κ2) is 6.88. The molecule has 1 aliphatic rings. The predicted molar refractivity (Wildman–Crippen MR) is 87.2 cm³/mol. The van der Waals surface area contributed by atoms with Crippen LogP contribution in [-0.4, -0.2) is 66.4 Å². The topological polar surface area (TPSA) is 93.5 Å². The quantitative estimate of drug-likeness (QED) is 0.878. The monoisotopic (exact) mass is 344 g/mol. The summed E-state index contributed by atoms with van der Waals surface area (Å²) in [6, 6.07) is 1.38. The van der Waals surface area contributed by atoms with Gasteiger partial charge in [-0.3, -0.25) is 10.00 Å². The van der Waals surface area contributed by atoms with Crippen LogP contribution in [0.5, 0.6) is 0 Å². The van der Waals surface area contributed by atoms with Crippen LogP contribution in [0.1, 0.15) is 20.3 Å². The summed E-state index contributed by atoms with van der Waals surface area (Å²) >= 11 is 0. The Bertz CT molecular complexity index is 653. The number of rotatable bonds is 4. The molecule has 0 saturated carbocycles. The van der Waals surface area contributed by atoms with E-state index in [1.165, 1.54) is 4.90 Å². The molecule has 0 atom stereocenters. The molecular formula is C14H24N4O4S. The number of aromatic nitrogens is 2. The highest BCUT2D eigenvalue weighted by molar-refractivity contribution is 7.92. The van der Waals surface area contributed by atoms with E-state index in [2.05, 4.69) is 10.4 Å². The van der Waals surface area contributed by atoms with Crippen LogP contribution in [-0.2, 0) is 21.1 Å². The molecule has 0 aliphatic carbocycles. The number of carbonyl (C=O) groups is 1. The van der Waals surface area contributed by atoms with Crippen molar-refractivity contribution in [1.29, 1.82) is 0 Å². The average molecular weight is 344 g/mol. The van der Waals surface area contributed by atoms with Gasteiger partial charge in [0.1, 0.15) is 0 Å². The van der Waals surface area contributed by atoms with Crippen molar-refractivity contribution in [3.05, 3.63) is 12.3 Å². The molecule has 1 aliphatic heterocycles. The molecule has 1 saturated heterocycles. The number of methoxy groups -OCH3 is 1. The highest BCUT2D eigenvalue weighted by Crippen LogP contribution is 2.25. The molecule has 2 heterocycles. The number of anilines is 1. The molecule has 9 heteroatoms. The molecule has 0 spiro atoms. The zero-order valence-electron chi connectivity index (χ0n) is 13.8. The van der Waals surface area contributed by atoms with Gasteiger partial charge in [0, 0.05) is 32.5 Å². The van der Waals surface area contributed by atoms with Gasteiger partial charge in [0.2, 0.25) is 0 Å². The zero-order valence-corrected chi connectivity index (χ0v) is 14.6. The zero-order chi connectivity index (χ0) is 17.1. The Morgan fingerprint density at radius 3 is 2.87 bits per heavy atom. The molecule has 0 radical (unpaired) electrons. The molecule has 2 rings (SSSR count). The number of sulfone groups is 1. The van der Waals surface area contributed by atoms with E-state index in [4.69, 9.17) is 4.74 Å². The summed E-state index contributed by atoms with van der Waals surface area (Å²) in [5.41, 5.74) is 0. The van der Waals surface area contributed by atoms with Gasteiger partial charge in [0.25, 0.3) is 0 Å². The number of amides is 2. The Balaban J connectivity index is 1.97. The number of carbonyl (C=O) groups excluding carboxylic acids is 1. The third kappa shape index (κ3) is 4.23. The first-order valence-corrected chi connectivity index (χ1v) is 9.21. The van der Waals surface area contributed by atoms with Gasteiger partial charge in [-0.15, -0.1) is 0 Å². The van der Waals surface area contributed by atoms with Crippen LogP contribution in [0.3, 0.4) is 0 Å². The van der Waals surface area contributed by atoms with Gasteiger partial charge < -0.3 is 9.64 Å². The molecule has 0 bridgehead atoms. The number of hydrogen-bond acceptors (Lipinski definition) is 5. The highest BCUT2D eigenvalue weighted by atomic mass is 32.2. The SMILES string of the molecule is COCCn1ccc(NC(=O)N2CCC(C)(C)S(=O)(=O)CC2)n1. The van der Waals surface area contributed by atoms with Crippen LogP contribution in [0, 0.1) is 0 Å². The second-order valence-corrected chi connectivity index (χ2v) is 8.95. The maximum atomic E-state index is 12.3. The van der Waals surface area contributed by atoms with Crippen molar-refractivity contribution in [2.24, 2.45) is 0 Å². The first-order chi connectivity index (χ1) is 10.7. The lowest BCUT2D eigenvalue weighted by atomic mass is 10.1. The molecule has 130 valence electrons. The smallest absolute Gasteiger partial charge is 0.323 e. The minimum Gasteiger partial charge on any atom is -0.383 e. The lowest BCUT2D eigenvalue weighted by Crippen LogP contribution is -2.37. The van der Waals surface area contributed by atoms with Gasteiger partial charge in [0.15, 0.2) is 15.7 Å². The van der Waals surface area contributed by atoms with E-state index in [0.29, 0.717) is 31.9 Å². The number of nitrogens with zero attached hydrogens (tertiary/aromatic N) is 3. The average Bonchev–Trinajstić information content (AvgIpc) is 2.87. The molecule has 2 amide bonds. The summed E-state index contributed by atoms with van der Waals surface area (Å²) < 4.78 is 30.2. The van der Waals surface area contributed by atoms with Crippen molar-refractivity contribution in [3.8, 4) is 0 Å². The van der Waals surface area contributed by atoms with Crippen LogP contribution in [0.2, 0.25) is 0 Å². The van der Waals surface area contributed by atoms with Crippen molar-refractivity contribution < 1.29 is 17.9 Å². The first-order valence-electron chi connectivity index (χ1n) is 7.56. The number of hydrogen-bond donors (Lipinski definition) is 1. The van der Waals surface area contributed by atoms with E-state index in [1.807, 2.05) is 0 Å². The summed E-state index contributed by atoms with van der Waals surface area (Å²) in [4.78, 5) is 13.8. The molecule has 1 fully saturated rings. The normalized spacial score (nSPS) is 20.0. The molecule has 1 aromatic heterocycles. The van der Waals surface area contributed by atoms with Crippen molar-refractivity contribution in [2.75, 3.05) is 37.9 Å². The Kier molecular flexibility index (Phi) is 5.30. The Hall–Kier alpha value is -1.61. The Labute approximate surface area is 136 Å². The number of ether oxygens (including phenoxy) is 1. The fourth-order valence-corrected chi connectivity index (χ4v) is 3.72. The van der Waals surface area contributed by atoms with Crippen LogP contribution in [0.25, 0.3) is 0 Å². The molecule has 23 heavy (non-hydrogen) atoms. The summed E-state index contributed by atoms with van der Waals surface area (Å²) in [5.74, 6) is 0.424.